The van der Waals surface area contributed by atoms with Crippen LogP contribution in [0, 0.1) is 17.3 Å². The fourth-order valence-electron chi connectivity index (χ4n) is 2.88. The molecule has 1 aliphatic heterocycles. The molecule has 0 aromatic heterocycles. The zero-order chi connectivity index (χ0) is 12.5. The van der Waals surface area contributed by atoms with E-state index < -0.39 is 0 Å². The third kappa shape index (κ3) is 3.01. The first-order valence-electron chi connectivity index (χ1n) is 7.04. The van der Waals surface area contributed by atoms with Crippen LogP contribution >= 0.6 is 0 Å². The van der Waals surface area contributed by atoms with Crippen LogP contribution in [-0.4, -0.2) is 37.0 Å². The van der Waals surface area contributed by atoms with Crippen molar-refractivity contribution in [2.24, 2.45) is 17.3 Å². The molecule has 1 saturated carbocycles. The minimum atomic E-state index is 0.259. The van der Waals surface area contributed by atoms with E-state index in [1.54, 1.807) is 0 Å². The van der Waals surface area contributed by atoms with Crippen molar-refractivity contribution in [1.82, 2.24) is 10.2 Å². The van der Waals surface area contributed by atoms with Crippen molar-refractivity contribution in [3.63, 3.8) is 0 Å². The molecule has 1 N–H and O–H groups in total. The molecule has 2 rings (SSSR count). The first-order chi connectivity index (χ1) is 8.04. The van der Waals surface area contributed by atoms with Gasteiger partial charge in [-0.1, -0.05) is 13.8 Å². The topological polar surface area (TPSA) is 32.3 Å². The smallest absolute Gasteiger partial charge is 0.226 e. The van der Waals surface area contributed by atoms with Crippen LogP contribution in [0.15, 0.2) is 0 Å². The molecule has 3 nitrogen and oxygen atoms in total. The number of piperidine rings is 1. The monoisotopic (exact) mass is 238 g/mol. The van der Waals surface area contributed by atoms with Gasteiger partial charge in [0.2, 0.25) is 5.91 Å². The van der Waals surface area contributed by atoms with Crippen LogP contribution in [0.3, 0.4) is 0 Å². The maximum absolute atomic E-state index is 12.3. The molecule has 1 aliphatic carbocycles. The average Bonchev–Trinajstić information content (AvgIpc) is 2.96. The minimum absolute atomic E-state index is 0.259. The molecule has 2 unspecified atom stereocenters. The first kappa shape index (κ1) is 12.9. The van der Waals surface area contributed by atoms with Crippen LogP contribution < -0.4 is 5.32 Å². The van der Waals surface area contributed by atoms with Crippen LogP contribution in [0.4, 0.5) is 0 Å². The molecule has 2 atom stereocenters. The fraction of sp³-hybridized carbons (Fsp3) is 0.929. The van der Waals surface area contributed by atoms with Gasteiger partial charge in [0.25, 0.3) is 0 Å². The Morgan fingerprint density at radius 3 is 2.65 bits per heavy atom. The second-order valence-electron chi connectivity index (χ2n) is 6.33. The Balaban J connectivity index is 1.85. The van der Waals surface area contributed by atoms with Crippen molar-refractivity contribution in [2.45, 2.75) is 40.0 Å². The zero-order valence-corrected chi connectivity index (χ0v) is 11.5. The normalized spacial score (nSPS) is 31.0. The largest absolute Gasteiger partial charge is 0.342 e. The summed E-state index contributed by atoms with van der Waals surface area (Å²) >= 11 is 0. The number of rotatable bonds is 4. The molecule has 0 radical (unpaired) electrons. The molecule has 0 aromatic carbocycles. The predicted molar refractivity (Wildman–Crippen MR) is 69.7 cm³/mol. The van der Waals surface area contributed by atoms with Gasteiger partial charge in [-0.15, -0.1) is 0 Å². The van der Waals surface area contributed by atoms with Gasteiger partial charge < -0.3 is 10.2 Å². The fourth-order valence-corrected chi connectivity index (χ4v) is 2.88. The van der Waals surface area contributed by atoms with Gasteiger partial charge in [-0.25, -0.2) is 0 Å². The Kier molecular flexibility index (Phi) is 3.76. The molecule has 1 saturated heterocycles. The number of carbonyl (C=O) groups excluding carboxylic acids is 1. The Bertz CT molecular complexity index is 282. The second-order valence-corrected chi connectivity index (χ2v) is 6.33. The van der Waals surface area contributed by atoms with E-state index in [1.807, 2.05) is 0 Å². The van der Waals surface area contributed by atoms with Gasteiger partial charge in [-0.2, -0.15) is 0 Å². The highest BCUT2D eigenvalue weighted by Gasteiger charge is 2.51. The Morgan fingerprint density at radius 1 is 1.47 bits per heavy atom. The zero-order valence-electron chi connectivity index (χ0n) is 11.5. The van der Waals surface area contributed by atoms with Crippen molar-refractivity contribution in [3.05, 3.63) is 0 Å². The summed E-state index contributed by atoms with van der Waals surface area (Å²) in [5, 5.41) is 3.43. The average molecular weight is 238 g/mol. The minimum Gasteiger partial charge on any atom is -0.342 e. The van der Waals surface area contributed by atoms with Crippen LogP contribution in [0.1, 0.15) is 40.0 Å². The van der Waals surface area contributed by atoms with E-state index in [0.717, 1.165) is 32.6 Å². The summed E-state index contributed by atoms with van der Waals surface area (Å²) < 4.78 is 0. The lowest BCUT2D eigenvalue weighted by Gasteiger charge is -2.30. The number of nitrogens with zero attached hydrogens (tertiary/aromatic N) is 1. The Hall–Kier alpha value is -0.570. The van der Waals surface area contributed by atoms with Crippen molar-refractivity contribution in [1.29, 1.82) is 0 Å². The van der Waals surface area contributed by atoms with Crippen molar-refractivity contribution in [3.8, 4) is 0 Å². The van der Waals surface area contributed by atoms with Crippen molar-refractivity contribution in [2.75, 3.05) is 26.2 Å². The van der Waals surface area contributed by atoms with Crippen LogP contribution in [0.25, 0.3) is 0 Å². The molecule has 2 fully saturated rings. The number of amides is 1. The highest BCUT2D eigenvalue weighted by molar-refractivity contribution is 5.82. The van der Waals surface area contributed by atoms with Crippen molar-refractivity contribution < 1.29 is 4.79 Å². The van der Waals surface area contributed by atoms with Crippen molar-refractivity contribution >= 4 is 5.91 Å². The van der Waals surface area contributed by atoms with Gasteiger partial charge >= 0.3 is 0 Å². The van der Waals surface area contributed by atoms with E-state index in [-0.39, 0.29) is 5.41 Å². The lowest BCUT2D eigenvalue weighted by molar-refractivity contribution is -0.133. The molecular weight excluding hydrogens is 212 g/mol. The summed E-state index contributed by atoms with van der Waals surface area (Å²) in [4.78, 5) is 14.4. The molecule has 0 spiro atoms. The van der Waals surface area contributed by atoms with Gasteiger partial charge in [0.1, 0.15) is 0 Å². The van der Waals surface area contributed by atoms with Gasteiger partial charge in [0, 0.05) is 19.0 Å². The van der Waals surface area contributed by atoms with E-state index in [9.17, 15) is 4.79 Å². The van der Waals surface area contributed by atoms with Crippen LogP contribution in [-0.2, 0) is 4.79 Å². The molecule has 0 bridgehead atoms. The molecule has 2 aliphatic rings. The predicted octanol–water partition coefficient (Wildman–Crippen LogP) is 1.88. The van der Waals surface area contributed by atoms with Gasteiger partial charge in [0.05, 0.1) is 0 Å². The lowest BCUT2D eigenvalue weighted by Crippen LogP contribution is -2.42. The summed E-state index contributed by atoms with van der Waals surface area (Å²) in [7, 11) is 0. The quantitative estimate of drug-likeness (QED) is 0.811. The molecule has 3 heteroatoms. The Labute approximate surface area is 105 Å². The lowest BCUT2D eigenvalue weighted by atomic mass is 9.98. The van der Waals surface area contributed by atoms with E-state index in [1.165, 1.54) is 12.8 Å². The molecule has 1 heterocycles. The molecule has 1 amide bonds. The maximum Gasteiger partial charge on any atom is 0.226 e. The molecule has 17 heavy (non-hydrogen) atoms. The van der Waals surface area contributed by atoms with Gasteiger partial charge in [-0.3, -0.25) is 4.79 Å². The number of hydrogen-bond acceptors (Lipinski definition) is 2. The van der Waals surface area contributed by atoms with E-state index in [2.05, 4.69) is 31.0 Å². The third-order valence-electron chi connectivity index (χ3n) is 4.38. The number of hydrogen-bond donors (Lipinski definition) is 1. The number of nitrogens with one attached hydrogen (secondary N) is 1. The summed E-state index contributed by atoms with van der Waals surface area (Å²) in [6.45, 7) is 10.5. The first-order valence-corrected chi connectivity index (χ1v) is 7.04. The number of carbonyl (C=O) groups is 1. The summed E-state index contributed by atoms with van der Waals surface area (Å²) in [6.07, 6.45) is 3.60. The maximum atomic E-state index is 12.3. The van der Waals surface area contributed by atoms with Crippen LogP contribution in [0.5, 0.6) is 0 Å². The molecule has 0 aromatic rings. The van der Waals surface area contributed by atoms with E-state index >= 15 is 0 Å². The Morgan fingerprint density at radius 2 is 2.18 bits per heavy atom. The summed E-state index contributed by atoms with van der Waals surface area (Å²) in [6, 6.07) is 0. The van der Waals surface area contributed by atoms with E-state index in [0.29, 0.717) is 17.7 Å². The summed E-state index contributed by atoms with van der Waals surface area (Å²) in [5.74, 6) is 1.34. The molecular formula is C14H26N2O. The standard InChI is InChI=1S/C14H26N2O/c1-4-16(10-11-6-5-7-15-9-11)13(17)12-8-14(12,2)3/h11-12,15H,4-10H2,1-3H3. The highest BCUT2D eigenvalue weighted by atomic mass is 16.2. The summed E-state index contributed by atoms with van der Waals surface area (Å²) in [5.41, 5.74) is 0.259. The second kappa shape index (κ2) is 4.97. The van der Waals surface area contributed by atoms with Crippen LogP contribution in [0.2, 0.25) is 0 Å². The van der Waals surface area contributed by atoms with Gasteiger partial charge in [0.15, 0.2) is 0 Å². The highest BCUT2D eigenvalue weighted by Crippen LogP contribution is 2.52. The van der Waals surface area contributed by atoms with E-state index in [4.69, 9.17) is 0 Å². The molecule has 98 valence electrons. The third-order valence-corrected chi connectivity index (χ3v) is 4.38. The van der Waals surface area contributed by atoms with Gasteiger partial charge in [-0.05, 0) is 50.6 Å². The SMILES string of the molecule is CCN(CC1CCCNC1)C(=O)C1CC1(C)C.